The highest BCUT2D eigenvalue weighted by Crippen LogP contribution is 2.27. The van der Waals surface area contributed by atoms with E-state index in [-0.39, 0.29) is 0 Å². The molecule has 0 spiro atoms. The highest BCUT2D eigenvalue weighted by atomic mass is 16.1. The third kappa shape index (κ3) is 3.91. The Kier molecular flexibility index (Phi) is 5.38. The van der Waals surface area contributed by atoms with Gasteiger partial charge in [-0.15, -0.1) is 0 Å². The number of hydrogen-bond donors (Lipinski definition) is 2. The summed E-state index contributed by atoms with van der Waals surface area (Å²) >= 11 is 0. The van der Waals surface area contributed by atoms with Crippen LogP contribution in [-0.2, 0) is 0 Å². The Balaban J connectivity index is 1.48. The summed E-state index contributed by atoms with van der Waals surface area (Å²) in [6.45, 7) is 7.24. The number of carbonyl (C=O) groups excluding carboxylic acids is 1. The molecular formula is C20H27N7O. The van der Waals surface area contributed by atoms with Crippen LogP contribution in [-0.4, -0.2) is 60.1 Å². The third-order valence-electron chi connectivity index (χ3n) is 5.56. The van der Waals surface area contributed by atoms with E-state index >= 15 is 0 Å². The first-order valence-corrected chi connectivity index (χ1v) is 9.93. The molecule has 3 N–H and O–H groups in total. The second kappa shape index (κ2) is 8.10. The normalized spacial score (nSPS) is 18.3. The fourth-order valence-electron chi connectivity index (χ4n) is 4.05. The minimum Gasteiger partial charge on any atom is -0.365 e. The SMILES string of the molecule is Cc1nc(C2CCNCC2)cc(N2CCN(c3ncccc3C(N)=O)CC2)n1. The maximum absolute atomic E-state index is 11.7. The molecule has 2 fully saturated rings. The van der Waals surface area contributed by atoms with Gasteiger partial charge in [0.2, 0.25) is 0 Å². The Morgan fingerprint density at radius 2 is 1.86 bits per heavy atom. The van der Waals surface area contributed by atoms with Crippen molar-refractivity contribution in [1.29, 1.82) is 0 Å². The lowest BCUT2D eigenvalue weighted by atomic mass is 9.94. The Labute approximate surface area is 165 Å². The summed E-state index contributed by atoms with van der Waals surface area (Å²) in [6.07, 6.45) is 3.95. The van der Waals surface area contributed by atoms with E-state index in [1.807, 2.05) is 6.92 Å². The lowest BCUT2D eigenvalue weighted by Crippen LogP contribution is -2.47. The van der Waals surface area contributed by atoms with Crippen LogP contribution in [0.25, 0.3) is 0 Å². The molecule has 0 radical (unpaired) electrons. The Bertz CT molecular complexity index is 842. The van der Waals surface area contributed by atoms with Crippen molar-refractivity contribution in [2.75, 3.05) is 49.1 Å². The maximum Gasteiger partial charge on any atom is 0.252 e. The van der Waals surface area contributed by atoms with E-state index in [0.717, 1.165) is 69.4 Å². The Morgan fingerprint density at radius 1 is 1.14 bits per heavy atom. The molecule has 0 aromatic carbocycles. The molecule has 0 saturated carbocycles. The smallest absolute Gasteiger partial charge is 0.252 e. The summed E-state index contributed by atoms with van der Waals surface area (Å²) in [6, 6.07) is 5.64. The largest absolute Gasteiger partial charge is 0.365 e. The zero-order valence-electron chi connectivity index (χ0n) is 16.3. The first-order chi connectivity index (χ1) is 13.6. The number of primary amides is 1. The lowest BCUT2D eigenvalue weighted by molar-refractivity contribution is 0.100. The van der Waals surface area contributed by atoms with Crippen LogP contribution in [0.2, 0.25) is 0 Å². The van der Waals surface area contributed by atoms with Crippen LogP contribution in [0.15, 0.2) is 24.4 Å². The van der Waals surface area contributed by atoms with Crippen molar-refractivity contribution in [2.45, 2.75) is 25.7 Å². The van der Waals surface area contributed by atoms with Gasteiger partial charge in [-0.05, 0) is 45.0 Å². The maximum atomic E-state index is 11.7. The van der Waals surface area contributed by atoms with Crippen molar-refractivity contribution in [2.24, 2.45) is 5.73 Å². The van der Waals surface area contributed by atoms with Crippen LogP contribution in [0, 0.1) is 6.92 Å². The predicted octanol–water partition coefficient (Wildman–Crippen LogP) is 1.07. The van der Waals surface area contributed by atoms with Crippen LogP contribution in [0.1, 0.15) is 40.6 Å². The number of rotatable bonds is 4. The van der Waals surface area contributed by atoms with Crippen molar-refractivity contribution in [3.05, 3.63) is 41.5 Å². The quantitative estimate of drug-likeness (QED) is 0.817. The molecule has 4 heterocycles. The van der Waals surface area contributed by atoms with Gasteiger partial charge in [0.1, 0.15) is 17.5 Å². The highest BCUT2D eigenvalue weighted by Gasteiger charge is 2.24. The van der Waals surface area contributed by atoms with Gasteiger partial charge in [0.05, 0.1) is 5.56 Å². The molecular weight excluding hydrogens is 354 g/mol. The zero-order chi connectivity index (χ0) is 19.5. The standard InChI is InChI=1S/C20H27N7O/c1-14-24-17(15-4-7-22-8-5-15)13-18(25-14)26-9-11-27(12-10-26)20-16(19(21)28)3-2-6-23-20/h2-3,6,13,15,22H,4-5,7-12H2,1H3,(H2,21,28). The molecule has 28 heavy (non-hydrogen) atoms. The summed E-state index contributed by atoms with van der Waals surface area (Å²) in [4.78, 5) is 29.9. The summed E-state index contributed by atoms with van der Waals surface area (Å²) in [7, 11) is 0. The van der Waals surface area contributed by atoms with Crippen molar-refractivity contribution < 1.29 is 4.79 Å². The Morgan fingerprint density at radius 3 is 2.57 bits per heavy atom. The van der Waals surface area contributed by atoms with E-state index in [1.54, 1.807) is 18.3 Å². The zero-order valence-corrected chi connectivity index (χ0v) is 16.3. The average molecular weight is 381 g/mol. The molecule has 0 bridgehead atoms. The fraction of sp³-hybridized carbons (Fsp3) is 0.500. The fourth-order valence-corrected chi connectivity index (χ4v) is 4.05. The van der Waals surface area contributed by atoms with E-state index in [2.05, 4.69) is 31.2 Å². The summed E-state index contributed by atoms with van der Waals surface area (Å²) < 4.78 is 0. The topological polar surface area (TPSA) is 100 Å². The summed E-state index contributed by atoms with van der Waals surface area (Å²) in [5, 5.41) is 3.41. The van der Waals surface area contributed by atoms with E-state index in [9.17, 15) is 4.79 Å². The number of aryl methyl sites for hydroxylation is 1. The van der Waals surface area contributed by atoms with Gasteiger partial charge in [-0.2, -0.15) is 0 Å². The predicted molar refractivity (Wildman–Crippen MR) is 109 cm³/mol. The molecule has 8 heteroatoms. The van der Waals surface area contributed by atoms with Crippen LogP contribution in [0.3, 0.4) is 0 Å². The molecule has 0 aliphatic carbocycles. The molecule has 0 atom stereocenters. The van der Waals surface area contributed by atoms with Gasteiger partial charge in [0.25, 0.3) is 5.91 Å². The van der Waals surface area contributed by atoms with Crippen molar-refractivity contribution >= 4 is 17.5 Å². The Hall–Kier alpha value is -2.74. The number of nitrogens with two attached hydrogens (primary N) is 1. The molecule has 2 aromatic heterocycles. The molecule has 4 rings (SSSR count). The number of aromatic nitrogens is 3. The van der Waals surface area contributed by atoms with E-state index < -0.39 is 5.91 Å². The third-order valence-corrected chi connectivity index (χ3v) is 5.56. The van der Waals surface area contributed by atoms with Crippen molar-refractivity contribution in [1.82, 2.24) is 20.3 Å². The number of carbonyl (C=O) groups is 1. The average Bonchev–Trinajstić information content (AvgIpc) is 2.74. The minimum absolute atomic E-state index is 0.441. The summed E-state index contributed by atoms with van der Waals surface area (Å²) in [5.74, 6) is 2.56. The van der Waals surface area contributed by atoms with Crippen molar-refractivity contribution in [3.63, 3.8) is 0 Å². The number of pyridine rings is 1. The van der Waals surface area contributed by atoms with Gasteiger partial charge in [-0.3, -0.25) is 4.79 Å². The molecule has 8 nitrogen and oxygen atoms in total. The second-order valence-corrected chi connectivity index (χ2v) is 7.44. The molecule has 2 aliphatic heterocycles. The molecule has 0 unspecified atom stereocenters. The molecule has 2 saturated heterocycles. The van der Waals surface area contributed by atoms with E-state index in [1.165, 1.54) is 0 Å². The number of nitrogens with one attached hydrogen (secondary N) is 1. The number of nitrogens with zero attached hydrogens (tertiary/aromatic N) is 5. The molecule has 2 aromatic rings. The second-order valence-electron chi connectivity index (χ2n) is 7.44. The van der Waals surface area contributed by atoms with Crippen LogP contribution < -0.4 is 20.9 Å². The number of anilines is 2. The van der Waals surface area contributed by atoms with Gasteiger partial charge in [0, 0.05) is 50.1 Å². The summed E-state index contributed by atoms with van der Waals surface area (Å²) in [5.41, 5.74) is 7.14. The first-order valence-electron chi connectivity index (χ1n) is 9.93. The molecule has 2 aliphatic rings. The van der Waals surface area contributed by atoms with Gasteiger partial charge < -0.3 is 20.9 Å². The van der Waals surface area contributed by atoms with Gasteiger partial charge in [-0.1, -0.05) is 0 Å². The lowest BCUT2D eigenvalue weighted by Gasteiger charge is -2.37. The van der Waals surface area contributed by atoms with Gasteiger partial charge >= 0.3 is 0 Å². The number of piperazine rings is 1. The minimum atomic E-state index is -0.441. The van der Waals surface area contributed by atoms with E-state index in [4.69, 9.17) is 10.7 Å². The van der Waals surface area contributed by atoms with Crippen molar-refractivity contribution in [3.8, 4) is 0 Å². The number of hydrogen-bond acceptors (Lipinski definition) is 7. The first kappa shape index (κ1) is 18.6. The monoisotopic (exact) mass is 381 g/mol. The van der Waals surface area contributed by atoms with Crippen LogP contribution in [0.5, 0.6) is 0 Å². The van der Waals surface area contributed by atoms with Gasteiger partial charge in [-0.25, -0.2) is 15.0 Å². The highest BCUT2D eigenvalue weighted by molar-refractivity contribution is 5.97. The van der Waals surface area contributed by atoms with Crippen LogP contribution >= 0.6 is 0 Å². The molecule has 1 amide bonds. The number of piperidine rings is 1. The number of amides is 1. The van der Waals surface area contributed by atoms with Crippen LogP contribution in [0.4, 0.5) is 11.6 Å². The van der Waals surface area contributed by atoms with Gasteiger partial charge in [0.15, 0.2) is 0 Å². The van der Waals surface area contributed by atoms with E-state index in [0.29, 0.717) is 17.3 Å². The molecule has 148 valence electrons.